The molecule has 106 valence electrons. The Labute approximate surface area is 124 Å². The fourth-order valence-electron chi connectivity index (χ4n) is 2.42. The average Bonchev–Trinajstić information content (AvgIpc) is 2.42. The van der Waals surface area contributed by atoms with Gasteiger partial charge in [0.15, 0.2) is 0 Å². The maximum absolute atomic E-state index is 13.2. The van der Waals surface area contributed by atoms with Gasteiger partial charge in [-0.05, 0) is 49.6 Å². The van der Waals surface area contributed by atoms with E-state index in [1.54, 1.807) is 12.1 Å². The third kappa shape index (κ3) is 3.38. The highest BCUT2D eigenvalue weighted by atomic mass is 35.5. The van der Waals surface area contributed by atoms with Gasteiger partial charge in [-0.15, -0.1) is 0 Å². The van der Waals surface area contributed by atoms with Crippen molar-refractivity contribution in [3.63, 3.8) is 0 Å². The number of nitrogens with one attached hydrogen (secondary N) is 1. The Morgan fingerprint density at radius 2 is 1.75 bits per heavy atom. The van der Waals surface area contributed by atoms with E-state index >= 15 is 0 Å². The second-order valence-electron chi connectivity index (χ2n) is 5.14. The van der Waals surface area contributed by atoms with Crippen molar-refractivity contribution in [1.29, 1.82) is 0 Å². The van der Waals surface area contributed by atoms with Crippen LogP contribution in [0.3, 0.4) is 0 Å². The van der Waals surface area contributed by atoms with Gasteiger partial charge in [-0.1, -0.05) is 41.9 Å². The predicted octanol–water partition coefficient (Wildman–Crippen LogP) is 5.20. The molecule has 0 heterocycles. The van der Waals surface area contributed by atoms with Gasteiger partial charge in [0.2, 0.25) is 0 Å². The molecule has 0 amide bonds. The molecule has 3 heteroatoms. The van der Waals surface area contributed by atoms with Crippen LogP contribution in [0.25, 0.3) is 0 Å². The summed E-state index contributed by atoms with van der Waals surface area (Å²) in [6.45, 7) is 6.29. The van der Waals surface area contributed by atoms with E-state index in [1.165, 1.54) is 17.2 Å². The van der Waals surface area contributed by atoms with Gasteiger partial charge in [0.25, 0.3) is 0 Å². The molecule has 0 fully saturated rings. The van der Waals surface area contributed by atoms with Crippen molar-refractivity contribution in [3.8, 4) is 0 Å². The van der Waals surface area contributed by atoms with E-state index in [1.807, 2.05) is 12.1 Å². The monoisotopic (exact) mass is 291 g/mol. The van der Waals surface area contributed by atoms with Gasteiger partial charge in [0, 0.05) is 12.1 Å². The van der Waals surface area contributed by atoms with Crippen LogP contribution in [0.2, 0.25) is 5.02 Å². The molecule has 0 saturated heterocycles. The highest BCUT2D eigenvalue weighted by molar-refractivity contribution is 6.30. The molecule has 1 unspecified atom stereocenters. The smallest absolute Gasteiger partial charge is 0.141 e. The third-order valence-corrected chi connectivity index (χ3v) is 3.89. The first kappa shape index (κ1) is 15.0. The van der Waals surface area contributed by atoms with Crippen LogP contribution in [-0.2, 0) is 0 Å². The number of aryl methyl sites for hydroxylation is 1. The summed E-state index contributed by atoms with van der Waals surface area (Å²) in [5.74, 6) is -0.380. The molecule has 2 aromatic rings. The van der Waals surface area contributed by atoms with Gasteiger partial charge < -0.3 is 5.32 Å². The zero-order valence-electron chi connectivity index (χ0n) is 12.0. The Hall–Kier alpha value is -1.38. The number of hydrogen-bond acceptors (Lipinski definition) is 1. The quantitative estimate of drug-likeness (QED) is 0.816. The number of hydrogen-bond donors (Lipinski definition) is 1. The van der Waals surface area contributed by atoms with Crippen molar-refractivity contribution in [2.45, 2.75) is 32.9 Å². The Kier molecular flexibility index (Phi) is 4.79. The molecule has 0 aliphatic rings. The SMILES string of the molecule is Cc1ccccc1[C@H](C)NC(C)c1ccc(F)c(Cl)c1. The topological polar surface area (TPSA) is 12.0 Å². The number of rotatable bonds is 4. The standard InChI is InChI=1S/C17H19ClFN/c1-11-6-4-5-7-15(11)13(3)20-12(2)14-8-9-17(19)16(18)10-14/h4-10,12-13,20H,1-3H3/t12?,13-/m0/s1. The Morgan fingerprint density at radius 3 is 2.40 bits per heavy atom. The number of halogens is 2. The average molecular weight is 292 g/mol. The molecule has 0 bridgehead atoms. The molecular formula is C17H19ClFN. The van der Waals surface area contributed by atoms with Gasteiger partial charge in [-0.3, -0.25) is 0 Å². The lowest BCUT2D eigenvalue weighted by atomic mass is 10.0. The lowest BCUT2D eigenvalue weighted by Crippen LogP contribution is -2.23. The summed E-state index contributed by atoms with van der Waals surface area (Å²) in [5, 5.41) is 3.69. The van der Waals surface area contributed by atoms with Crippen molar-refractivity contribution >= 4 is 11.6 Å². The van der Waals surface area contributed by atoms with Crippen LogP contribution in [-0.4, -0.2) is 0 Å². The summed E-state index contributed by atoms with van der Waals surface area (Å²) in [6.07, 6.45) is 0. The molecule has 0 radical (unpaired) electrons. The maximum atomic E-state index is 13.2. The van der Waals surface area contributed by atoms with Crippen LogP contribution in [0.15, 0.2) is 42.5 Å². The van der Waals surface area contributed by atoms with Crippen LogP contribution in [0.1, 0.15) is 42.6 Å². The molecule has 0 saturated carbocycles. The van der Waals surface area contributed by atoms with Crippen molar-refractivity contribution < 1.29 is 4.39 Å². The largest absolute Gasteiger partial charge is 0.304 e. The molecule has 0 spiro atoms. The molecular weight excluding hydrogens is 273 g/mol. The molecule has 0 aromatic heterocycles. The number of benzene rings is 2. The second kappa shape index (κ2) is 6.38. The Morgan fingerprint density at radius 1 is 1.05 bits per heavy atom. The Bertz CT molecular complexity index is 597. The van der Waals surface area contributed by atoms with E-state index in [9.17, 15) is 4.39 Å². The summed E-state index contributed by atoms with van der Waals surface area (Å²) < 4.78 is 13.2. The van der Waals surface area contributed by atoms with E-state index in [4.69, 9.17) is 11.6 Å². The first-order chi connectivity index (χ1) is 9.49. The minimum Gasteiger partial charge on any atom is -0.304 e. The van der Waals surface area contributed by atoms with Crippen molar-refractivity contribution in [3.05, 3.63) is 70.0 Å². The summed E-state index contributed by atoms with van der Waals surface area (Å²) in [6, 6.07) is 13.5. The van der Waals surface area contributed by atoms with Crippen LogP contribution in [0.4, 0.5) is 4.39 Å². The molecule has 0 aliphatic carbocycles. The van der Waals surface area contributed by atoms with Crippen LogP contribution >= 0.6 is 11.6 Å². The summed E-state index contributed by atoms with van der Waals surface area (Å²) in [5.41, 5.74) is 3.52. The summed E-state index contributed by atoms with van der Waals surface area (Å²) in [7, 11) is 0. The molecule has 1 nitrogen and oxygen atoms in total. The molecule has 2 atom stereocenters. The van der Waals surface area contributed by atoms with Crippen LogP contribution in [0, 0.1) is 12.7 Å². The zero-order chi connectivity index (χ0) is 14.7. The second-order valence-corrected chi connectivity index (χ2v) is 5.55. The summed E-state index contributed by atoms with van der Waals surface area (Å²) in [4.78, 5) is 0. The van der Waals surface area contributed by atoms with Gasteiger partial charge >= 0.3 is 0 Å². The molecule has 20 heavy (non-hydrogen) atoms. The fourth-order valence-corrected chi connectivity index (χ4v) is 2.60. The minimum atomic E-state index is -0.380. The van der Waals surface area contributed by atoms with Gasteiger partial charge in [0.1, 0.15) is 5.82 Å². The van der Waals surface area contributed by atoms with E-state index in [-0.39, 0.29) is 22.9 Å². The minimum absolute atomic E-state index is 0.0997. The van der Waals surface area contributed by atoms with E-state index < -0.39 is 0 Å². The van der Waals surface area contributed by atoms with Gasteiger partial charge in [-0.2, -0.15) is 0 Å². The Balaban J connectivity index is 2.13. The fraction of sp³-hybridized carbons (Fsp3) is 0.294. The third-order valence-electron chi connectivity index (χ3n) is 3.60. The van der Waals surface area contributed by atoms with Gasteiger partial charge in [-0.25, -0.2) is 4.39 Å². The first-order valence-electron chi connectivity index (χ1n) is 6.75. The van der Waals surface area contributed by atoms with Gasteiger partial charge in [0.05, 0.1) is 5.02 Å². The maximum Gasteiger partial charge on any atom is 0.141 e. The van der Waals surface area contributed by atoms with Crippen molar-refractivity contribution in [1.82, 2.24) is 5.32 Å². The van der Waals surface area contributed by atoms with Crippen molar-refractivity contribution in [2.24, 2.45) is 0 Å². The summed E-state index contributed by atoms with van der Waals surface area (Å²) >= 11 is 5.83. The molecule has 0 aliphatic heterocycles. The predicted molar refractivity (Wildman–Crippen MR) is 82.6 cm³/mol. The first-order valence-corrected chi connectivity index (χ1v) is 7.13. The lowest BCUT2D eigenvalue weighted by Gasteiger charge is -2.22. The molecule has 1 N–H and O–H groups in total. The van der Waals surface area contributed by atoms with Crippen molar-refractivity contribution in [2.75, 3.05) is 0 Å². The molecule has 2 aromatic carbocycles. The van der Waals surface area contributed by atoms with Crippen LogP contribution < -0.4 is 5.32 Å². The highest BCUT2D eigenvalue weighted by Crippen LogP contribution is 2.24. The lowest BCUT2D eigenvalue weighted by molar-refractivity contribution is 0.492. The van der Waals surface area contributed by atoms with E-state index in [0.717, 1.165) is 5.56 Å². The zero-order valence-corrected chi connectivity index (χ0v) is 12.7. The van der Waals surface area contributed by atoms with Crippen LogP contribution in [0.5, 0.6) is 0 Å². The van der Waals surface area contributed by atoms with E-state index in [0.29, 0.717) is 0 Å². The molecule has 2 rings (SSSR count). The normalized spacial score (nSPS) is 14.1. The highest BCUT2D eigenvalue weighted by Gasteiger charge is 2.13. The van der Waals surface area contributed by atoms with E-state index in [2.05, 4.69) is 38.2 Å².